The van der Waals surface area contributed by atoms with Gasteiger partial charge in [0, 0.05) is 16.1 Å². The Morgan fingerprint density at radius 3 is 2.85 bits per heavy atom. The van der Waals surface area contributed by atoms with Crippen LogP contribution in [0.25, 0.3) is 10.9 Å². The largest absolute Gasteiger partial charge is 0.392 e. The van der Waals surface area contributed by atoms with Crippen LogP contribution in [0.4, 0.5) is 5.69 Å². The van der Waals surface area contributed by atoms with E-state index in [1.807, 2.05) is 12.1 Å². The Morgan fingerprint density at radius 2 is 2.20 bits per heavy atom. The van der Waals surface area contributed by atoms with Crippen molar-refractivity contribution in [3.63, 3.8) is 0 Å². The number of nitrogens with zero attached hydrogens (tertiary/aromatic N) is 1. The van der Waals surface area contributed by atoms with E-state index in [1.54, 1.807) is 18.3 Å². The molecule has 2 rings (SSSR count). The number of thiocarbonyl (C=S) groups is 1. The summed E-state index contributed by atoms with van der Waals surface area (Å²) in [5.74, 6) is 0. The summed E-state index contributed by atoms with van der Waals surface area (Å²) in [6.45, 7) is 1.44. The summed E-state index contributed by atoms with van der Waals surface area (Å²) in [6, 6.07) is 7.10. The molecule has 0 fully saturated rings. The molecule has 3 N–H and O–H groups in total. The Balaban J connectivity index is 2.47. The molecule has 0 aliphatic heterocycles. The minimum Gasteiger partial charge on any atom is -0.392 e. The first-order valence-corrected chi connectivity index (χ1v) is 8.41. The van der Waals surface area contributed by atoms with Gasteiger partial charge in [-0.25, -0.2) is 8.42 Å². The molecule has 20 heavy (non-hydrogen) atoms. The highest BCUT2D eigenvalue weighted by Crippen LogP contribution is 2.25. The second-order valence-corrected chi connectivity index (χ2v) is 7.61. The van der Waals surface area contributed by atoms with Crippen LogP contribution in [0.5, 0.6) is 0 Å². The van der Waals surface area contributed by atoms with Crippen molar-refractivity contribution in [2.75, 3.05) is 4.72 Å². The Hall–Kier alpha value is -1.25. The number of pyridine rings is 1. The fourth-order valence-electron chi connectivity index (χ4n) is 1.61. The van der Waals surface area contributed by atoms with E-state index in [9.17, 15) is 8.42 Å². The number of sulfonamides is 1. The summed E-state index contributed by atoms with van der Waals surface area (Å²) in [7, 11) is -3.68. The van der Waals surface area contributed by atoms with Crippen LogP contribution in [0.3, 0.4) is 0 Å². The lowest BCUT2D eigenvalue weighted by atomic mass is 10.2. The molecule has 1 unspecified atom stereocenters. The number of fused-ring (bicyclic) bond motifs is 1. The van der Waals surface area contributed by atoms with E-state index < -0.39 is 15.3 Å². The van der Waals surface area contributed by atoms with Crippen molar-refractivity contribution in [1.29, 1.82) is 0 Å². The Bertz CT molecular complexity index is 777. The Kier molecular flexibility index (Phi) is 4.26. The van der Waals surface area contributed by atoms with E-state index in [4.69, 9.17) is 18.0 Å². The van der Waals surface area contributed by atoms with Gasteiger partial charge in [0.25, 0.3) is 0 Å². The van der Waals surface area contributed by atoms with Gasteiger partial charge in [0.15, 0.2) is 0 Å². The fourth-order valence-corrected chi connectivity index (χ4v) is 3.29. The van der Waals surface area contributed by atoms with Crippen molar-refractivity contribution in [3.05, 3.63) is 34.9 Å². The molecule has 0 aliphatic carbocycles. The standard InChI is InChI=1S/C12H12BrN3O2S2/c1-7(12(14)19)20(17,18)16-10-4-2-3-8-5-9(13)6-15-11(8)10/h2-7,16H,1H3,(H2,14,19). The highest BCUT2D eigenvalue weighted by molar-refractivity contribution is 9.10. The van der Waals surface area contributed by atoms with Crippen molar-refractivity contribution in [1.82, 2.24) is 4.98 Å². The Morgan fingerprint density at radius 1 is 1.50 bits per heavy atom. The number of anilines is 1. The summed E-state index contributed by atoms with van der Waals surface area (Å²) in [5.41, 5.74) is 6.36. The van der Waals surface area contributed by atoms with Crippen LogP contribution in [0.1, 0.15) is 6.92 Å². The number of hydrogen-bond donors (Lipinski definition) is 2. The molecule has 8 heteroatoms. The van der Waals surface area contributed by atoms with E-state index in [-0.39, 0.29) is 4.99 Å². The van der Waals surface area contributed by atoms with Crippen molar-refractivity contribution < 1.29 is 8.42 Å². The molecule has 2 aromatic rings. The highest BCUT2D eigenvalue weighted by Gasteiger charge is 2.24. The normalized spacial score (nSPS) is 13.1. The van der Waals surface area contributed by atoms with Gasteiger partial charge in [-0.05, 0) is 35.0 Å². The van der Waals surface area contributed by atoms with Gasteiger partial charge in [0.2, 0.25) is 10.0 Å². The van der Waals surface area contributed by atoms with E-state index in [1.165, 1.54) is 6.92 Å². The van der Waals surface area contributed by atoms with Gasteiger partial charge in [-0.2, -0.15) is 0 Å². The second-order valence-electron chi connectivity index (χ2n) is 4.22. The Labute approximate surface area is 130 Å². The topological polar surface area (TPSA) is 85.1 Å². The minimum absolute atomic E-state index is 0.0755. The van der Waals surface area contributed by atoms with E-state index in [0.717, 1.165) is 9.86 Å². The minimum atomic E-state index is -3.68. The summed E-state index contributed by atoms with van der Waals surface area (Å²) in [5, 5.41) is -0.134. The first-order chi connectivity index (χ1) is 9.31. The van der Waals surface area contributed by atoms with Crippen molar-refractivity contribution in [3.8, 4) is 0 Å². The lowest BCUT2D eigenvalue weighted by Gasteiger charge is -2.14. The predicted octanol–water partition coefficient (Wildman–Crippen LogP) is 2.41. The van der Waals surface area contributed by atoms with E-state index >= 15 is 0 Å². The van der Waals surface area contributed by atoms with Gasteiger partial charge in [0.1, 0.15) is 5.25 Å². The van der Waals surface area contributed by atoms with E-state index in [0.29, 0.717) is 11.2 Å². The summed E-state index contributed by atoms with van der Waals surface area (Å²) in [4.78, 5) is 4.16. The van der Waals surface area contributed by atoms with Crippen LogP contribution >= 0.6 is 28.1 Å². The number of nitrogens with one attached hydrogen (secondary N) is 1. The van der Waals surface area contributed by atoms with Gasteiger partial charge in [-0.3, -0.25) is 9.71 Å². The van der Waals surface area contributed by atoms with Gasteiger partial charge < -0.3 is 5.73 Å². The zero-order valence-corrected chi connectivity index (χ0v) is 13.7. The number of halogens is 1. The smallest absolute Gasteiger partial charge is 0.241 e. The molecule has 0 bridgehead atoms. The summed E-state index contributed by atoms with van der Waals surface area (Å²) in [6.07, 6.45) is 1.61. The van der Waals surface area contributed by atoms with Crippen LogP contribution in [0, 0.1) is 0 Å². The summed E-state index contributed by atoms with van der Waals surface area (Å²) < 4.78 is 27.6. The number of rotatable bonds is 4. The third kappa shape index (κ3) is 3.08. The molecule has 5 nitrogen and oxygen atoms in total. The summed E-state index contributed by atoms with van der Waals surface area (Å²) >= 11 is 8.06. The molecule has 1 atom stereocenters. The average molecular weight is 374 g/mol. The zero-order valence-electron chi connectivity index (χ0n) is 10.5. The number of para-hydroxylation sites is 1. The maximum absolute atomic E-state index is 12.1. The molecular formula is C12H12BrN3O2S2. The maximum atomic E-state index is 12.1. The predicted molar refractivity (Wildman–Crippen MR) is 88.2 cm³/mol. The van der Waals surface area contributed by atoms with E-state index in [2.05, 4.69) is 25.6 Å². The maximum Gasteiger partial charge on any atom is 0.241 e. The molecule has 0 radical (unpaired) electrons. The molecule has 0 aliphatic rings. The highest BCUT2D eigenvalue weighted by atomic mass is 79.9. The molecule has 1 aromatic carbocycles. The fraction of sp³-hybridized carbons (Fsp3) is 0.167. The average Bonchev–Trinajstić information content (AvgIpc) is 2.37. The molecule has 106 valence electrons. The van der Waals surface area contributed by atoms with Crippen molar-refractivity contribution in [2.45, 2.75) is 12.2 Å². The quantitative estimate of drug-likeness (QED) is 0.803. The zero-order chi connectivity index (χ0) is 14.9. The molecule has 1 aromatic heterocycles. The van der Waals surface area contributed by atoms with Gasteiger partial charge in [0.05, 0.1) is 16.2 Å². The lowest BCUT2D eigenvalue weighted by molar-refractivity contribution is 0.598. The molecule has 0 saturated carbocycles. The van der Waals surface area contributed by atoms with Crippen LogP contribution < -0.4 is 10.5 Å². The van der Waals surface area contributed by atoms with Gasteiger partial charge >= 0.3 is 0 Å². The SMILES string of the molecule is CC(C(N)=S)S(=O)(=O)Nc1cccc2cc(Br)cnc12. The first kappa shape index (κ1) is 15.1. The second kappa shape index (κ2) is 5.63. The van der Waals surface area contributed by atoms with Crippen LogP contribution in [0.2, 0.25) is 0 Å². The molecule has 0 amide bonds. The number of hydrogen-bond acceptors (Lipinski definition) is 4. The lowest BCUT2D eigenvalue weighted by Crippen LogP contribution is -2.35. The molecule has 1 heterocycles. The van der Waals surface area contributed by atoms with Gasteiger partial charge in [-0.1, -0.05) is 24.4 Å². The van der Waals surface area contributed by atoms with Crippen molar-refractivity contribution >= 4 is 59.7 Å². The number of benzene rings is 1. The van der Waals surface area contributed by atoms with Crippen molar-refractivity contribution in [2.24, 2.45) is 5.73 Å². The first-order valence-electron chi connectivity index (χ1n) is 5.66. The number of aromatic nitrogens is 1. The van der Waals surface area contributed by atoms with Gasteiger partial charge in [-0.15, -0.1) is 0 Å². The monoisotopic (exact) mass is 373 g/mol. The van der Waals surface area contributed by atoms with Crippen LogP contribution in [-0.4, -0.2) is 23.6 Å². The number of nitrogens with two attached hydrogens (primary N) is 1. The molecule has 0 spiro atoms. The molecular weight excluding hydrogens is 362 g/mol. The third-order valence-corrected chi connectivity index (χ3v) is 5.42. The van der Waals surface area contributed by atoms with Crippen LogP contribution in [0.15, 0.2) is 34.9 Å². The third-order valence-electron chi connectivity index (χ3n) is 2.80. The molecule has 0 saturated heterocycles. The van der Waals surface area contributed by atoms with Crippen LogP contribution in [-0.2, 0) is 10.0 Å².